The van der Waals surface area contributed by atoms with Gasteiger partial charge >= 0.3 is 0 Å². The van der Waals surface area contributed by atoms with Crippen molar-refractivity contribution in [1.82, 2.24) is 10.2 Å². The molecule has 112 valence electrons. The molecule has 0 unspecified atom stereocenters. The Morgan fingerprint density at radius 3 is 2.90 bits per heavy atom. The fourth-order valence-corrected chi connectivity index (χ4v) is 2.16. The van der Waals surface area contributed by atoms with Gasteiger partial charge in [-0.3, -0.25) is 14.4 Å². The van der Waals surface area contributed by atoms with Crippen LogP contribution in [-0.4, -0.2) is 49.2 Å². The van der Waals surface area contributed by atoms with Crippen molar-refractivity contribution in [2.24, 2.45) is 0 Å². The molecular weight excluding hydrogens is 272 g/mol. The number of rotatable bonds is 5. The molecule has 1 heterocycles. The normalized spacial score (nSPS) is 15.0. The third kappa shape index (κ3) is 4.05. The Morgan fingerprint density at radius 1 is 1.38 bits per heavy atom. The predicted molar refractivity (Wildman–Crippen MR) is 76.1 cm³/mol. The van der Waals surface area contributed by atoms with Gasteiger partial charge in [-0.25, -0.2) is 0 Å². The molecule has 1 fully saturated rings. The molecule has 0 atom stereocenters. The number of piperidine rings is 1. The van der Waals surface area contributed by atoms with Gasteiger partial charge < -0.3 is 15.0 Å². The standard InChI is InChI=1S/C15H18N2O4/c1-21-13-4-2-3-11(9-13)15(20)16-6-8-17-7-5-12(18)10-14(17)19/h2-4,9H,5-8,10H2,1H3,(H,16,20). The maximum absolute atomic E-state index is 12.0. The molecule has 0 bridgehead atoms. The van der Waals surface area contributed by atoms with Gasteiger partial charge in [-0.1, -0.05) is 6.07 Å². The van der Waals surface area contributed by atoms with Crippen LogP contribution in [0, 0.1) is 0 Å². The lowest BCUT2D eigenvalue weighted by molar-refractivity contribution is -0.139. The Kier molecular flexibility index (Phi) is 4.92. The lowest BCUT2D eigenvalue weighted by Crippen LogP contribution is -2.43. The Morgan fingerprint density at radius 2 is 2.19 bits per heavy atom. The minimum atomic E-state index is -0.213. The van der Waals surface area contributed by atoms with Crippen LogP contribution in [0.2, 0.25) is 0 Å². The van der Waals surface area contributed by atoms with E-state index in [4.69, 9.17) is 4.74 Å². The summed E-state index contributed by atoms with van der Waals surface area (Å²) >= 11 is 0. The summed E-state index contributed by atoms with van der Waals surface area (Å²) in [5, 5.41) is 2.76. The zero-order valence-electron chi connectivity index (χ0n) is 11.9. The van der Waals surface area contributed by atoms with Gasteiger partial charge in [0.2, 0.25) is 5.91 Å². The molecule has 0 aromatic heterocycles. The minimum absolute atomic E-state index is 0.0170. The monoisotopic (exact) mass is 290 g/mol. The molecule has 0 radical (unpaired) electrons. The van der Waals surface area contributed by atoms with E-state index in [-0.39, 0.29) is 24.0 Å². The van der Waals surface area contributed by atoms with Gasteiger partial charge in [0.05, 0.1) is 13.5 Å². The first kappa shape index (κ1) is 15.0. The number of nitrogens with zero attached hydrogens (tertiary/aromatic N) is 1. The van der Waals surface area contributed by atoms with Crippen molar-refractivity contribution in [3.63, 3.8) is 0 Å². The lowest BCUT2D eigenvalue weighted by Gasteiger charge is -2.26. The van der Waals surface area contributed by atoms with Gasteiger partial charge in [-0.2, -0.15) is 0 Å². The van der Waals surface area contributed by atoms with Gasteiger partial charge in [-0.15, -0.1) is 0 Å². The molecule has 21 heavy (non-hydrogen) atoms. The van der Waals surface area contributed by atoms with E-state index in [0.29, 0.717) is 37.4 Å². The van der Waals surface area contributed by atoms with Crippen molar-refractivity contribution in [2.45, 2.75) is 12.8 Å². The van der Waals surface area contributed by atoms with E-state index < -0.39 is 0 Å². The second-order valence-electron chi connectivity index (χ2n) is 4.83. The van der Waals surface area contributed by atoms with Crippen LogP contribution in [0.4, 0.5) is 0 Å². The van der Waals surface area contributed by atoms with Crippen LogP contribution in [0.25, 0.3) is 0 Å². The number of ketones is 1. The molecule has 6 nitrogen and oxygen atoms in total. The molecule has 2 amide bonds. The van der Waals surface area contributed by atoms with Gasteiger partial charge in [0, 0.05) is 31.6 Å². The summed E-state index contributed by atoms with van der Waals surface area (Å²) in [5.74, 6) is 0.223. The van der Waals surface area contributed by atoms with E-state index in [1.54, 1.807) is 36.3 Å². The number of ether oxygens (including phenoxy) is 1. The van der Waals surface area contributed by atoms with Gasteiger partial charge in [-0.05, 0) is 18.2 Å². The maximum Gasteiger partial charge on any atom is 0.251 e. The first-order valence-corrected chi connectivity index (χ1v) is 6.82. The van der Waals surface area contributed by atoms with Crippen molar-refractivity contribution in [2.75, 3.05) is 26.7 Å². The van der Waals surface area contributed by atoms with Gasteiger partial charge in [0.25, 0.3) is 5.91 Å². The average Bonchev–Trinajstić information content (AvgIpc) is 2.49. The quantitative estimate of drug-likeness (QED) is 0.806. The number of likely N-dealkylation sites (tertiary alicyclic amines) is 1. The topological polar surface area (TPSA) is 75.7 Å². The zero-order valence-corrected chi connectivity index (χ0v) is 11.9. The van der Waals surface area contributed by atoms with Gasteiger partial charge in [0.15, 0.2) is 0 Å². The summed E-state index contributed by atoms with van der Waals surface area (Å²) in [6.45, 7) is 1.21. The number of Topliss-reactive ketones (excluding diaryl/α,β-unsaturated/α-hetero) is 1. The number of amides is 2. The summed E-state index contributed by atoms with van der Waals surface area (Å²) in [5.41, 5.74) is 0.509. The molecule has 0 aliphatic carbocycles. The van der Waals surface area contributed by atoms with Crippen LogP contribution in [0.5, 0.6) is 5.75 Å². The molecule has 0 saturated carbocycles. The minimum Gasteiger partial charge on any atom is -0.497 e. The predicted octanol–water partition coefficient (Wildman–Crippen LogP) is 0.616. The number of hydrogen-bond acceptors (Lipinski definition) is 4. The molecule has 1 aliphatic rings. The SMILES string of the molecule is COc1cccc(C(=O)NCCN2CCC(=O)CC2=O)c1. The van der Waals surface area contributed by atoms with E-state index in [0.717, 1.165) is 0 Å². The summed E-state index contributed by atoms with van der Waals surface area (Å²) in [6, 6.07) is 6.86. The van der Waals surface area contributed by atoms with Crippen LogP contribution in [-0.2, 0) is 9.59 Å². The highest BCUT2D eigenvalue weighted by molar-refractivity contribution is 6.00. The van der Waals surface area contributed by atoms with Crippen LogP contribution >= 0.6 is 0 Å². The summed E-state index contributed by atoms with van der Waals surface area (Å²) in [7, 11) is 1.54. The largest absolute Gasteiger partial charge is 0.497 e. The highest BCUT2D eigenvalue weighted by Crippen LogP contribution is 2.12. The molecule has 2 rings (SSSR count). The van der Waals surface area contributed by atoms with Crippen LogP contribution in [0.3, 0.4) is 0 Å². The fraction of sp³-hybridized carbons (Fsp3) is 0.400. The average molecular weight is 290 g/mol. The van der Waals surface area contributed by atoms with E-state index in [1.165, 1.54) is 0 Å². The second-order valence-corrected chi connectivity index (χ2v) is 4.83. The molecule has 1 saturated heterocycles. The van der Waals surface area contributed by atoms with Crippen molar-refractivity contribution in [1.29, 1.82) is 0 Å². The first-order chi connectivity index (χ1) is 10.1. The summed E-state index contributed by atoms with van der Waals surface area (Å²) in [6.07, 6.45) is 0.374. The Balaban J connectivity index is 1.81. The van der Waals surface area contributed by atoms with E-state index in [9.17, 15) is 14.4 Å². The number of nitrogens with one attached hydrogen (secondary N) is 1. The molecule has 1 N–H and O–H groups in total. The van der Waals surface area contributed by atoms with Crippen LogP contribution in [0.15, 0.2) is 24.3 Å². The van der Waals surface area contributed by atoms with Crippen LogP contribution in [0.1, 0.15) is 23.2 Å². The Hall–Kier alpha value is -2.37. The summed E-state index contributed by atoms with van der Waals surface area (Å²) in [4.78, 5) is 36.3. The highest BCUT2D eigenvalue weighted by Gasteiger charge is 2.23. The number of carbonyl (C=O) groups excluding carboxylic acids is 3. The van der Waals surface area contributed by atoms with Crippen molar-refractivity contribution in [3.05, 3.63) is 29.8 Å². The molecule has 0 spiro atoms. The third-order valence-corrected chi connectivity index (χ3v) is 3.36. The zero-order chi connectivity index (χ0) is 15.2. The summed E-state index contributed by atoms with van der Waals surface area (Å²) < 4.78 is 5.06. The van der Waals surface area contributed by atoms with Crippen LogP contribution < -0.4 is 10.1 Å². The van der Waals surface area contributed by atoms with E-state index >= 15 is 0 Å². The molecule has 1 aliphatic heterocycles. The molecule has 1 aromatic carbocycles. The number of methoxy groups -OCH3 is 1. The molecule has 6 heteroatoms. The molecule has 1 aromatic rings. The van der Waals surface area contributed by atoms with E-state index in [1.807, 2.05) is 0 Å². The smallest absolute Gasteiger partial charge is 0.251 e. The highest BCUT2D eigenvalue weighted by atomic mass is 16.5. The number of hydrogen-bond donors (Lipinski definition) is 1. The third-order valence-electron chi connectivity index (χ3n) is 3.36. The van der Waals surface area contributed by atoms with Crippen molar-refractivity contribution < 1.29 is 19.1 Å². The number of carbonyl (C=O) groups is 3. The molecular formula is C15H18N2O4. The Labute approximate surface area is 123 Å². The Bertz CT molecular complexity index is 556. The van der Waals surface area contributed by atoms with Crippen molar-refractivity contribution >= 4 is 17.6 Å². The first-order valence-electron chi connectivity index (χ1n) is 6.82. The van der Waals surface area contributed by atoms with E-state index in [2.05, 4.69) is 5.32 Å². The number of benzene rings is 1. The fourth-order valence-electron chi connectivity index (χ4n) is 2.16. The second kappa shape index (κ2) is 6.88. The van der Waals surface area contributed by atoms with Crippen molar-refractivity contribution in [3.8, 4) is 5.75 Å². The lowest BCUT2D eigenvalue weighted by atomic mass is 10.1. The maximum atomic E-state index is 12.0. The van der Waals surface area contributed by atoms with Gasteiger partial charge in [0.1, 0.15) is 11.5 Å².